The summed E-state index contributed by atoms with van der Waals surface area (Å²) in [4.78, 5) is 8.75. The summed E-state index contributed by atoms with van der Waals surface area (Å²) >= 11 is 0. The van der Waals surface area contributed by atoms with E-state index in [1.165, 1.54) is 6.07 Å². The third-order valence-electron chi connectivity index (χ3n) is 6.22. The van der Waals surface area contributed by atoms with Crippen LogP contribution in [0.25, 0.3) is 38.9 Å². The number of halogens is 1. The molecule has 0 radical (unpaired) electrons. The van der Waals surface area contributed by atoms with Crippen LogP contribution in [0.2, 0.25) is 0 Å². The van der Waals surface area contributed by atoms with E-state index in [2.05, 4.69) is 62.5 Å². The van der Waals surface area contributed by atoms with E-state index in [-0.39, 0.29) is 5.82 Å². The second kappa shape index (κ2) is 10.1. The van der Waals surface area contributed by atoms with Gasteiger partial charge in [-0.15, -0.1) is 0 Å². The topological polar surface area (TPSA) is 78.5 Å². The summed E-state index contributed by atoms with van der Waals surface area (Å²) < 4.78 is 14.4. The lowest BCUT2D eigenvalue weighted by atomic mass is 10.0. The maximum Gasteiger partial charge on any atom is 0.131 e. The summed E-state index contributed by atoms with van der Waals surface area (Å²) in [6, 6.07) is 15.0. The molecule has 6 nitrogen and oxygen atoms in total. The Bertz CT molecular complexity index is 1560. The molecule has 0 saturated carbocycles. The highest BCUT2D eigenvalue weighted by Gasteiger charge is 2.15. The Kier molecular flexibility index (Phi) is 6.56. The van der Waals surface area contributed by atoms with Gasteiger partial charge in [0, 0.05) is 47.2 Å². The fourth-order valence-corrected chi connectivity index (χ4v) is 4.26. The van der Waals surface area contributed by atoms with Crippen molar-refractivity contribution in [3.63, 3.8) is 0 Å². The first kappa shape index (κ1) is 23.4. The van der Waals surface area contributed by atoms with Gasteiger partial charge in [-0.1, -0.05) is 37.8 Å². The van der Waals surface area contributed by atoms with Crippen molar-refractivity contribution in [1.29, 1.82) is 0 Å². The fraction of sp³-hybridized carbons (Fsp3) is 0.138. The minimum absolute atomic E-state index is 0.284. The van der Waals surface area contributed by atoms with Crippen LogP contribution in [0.5, 0.6) is 0 Å². The monoisotopic (exact) mass is 478 g/mol. The summed E-state index contributed by atoms with van der Waals surface area (Å²) in [5.74, 6) is -0.284. The number of nitrogens with zero attached hydrogens (tertiary/aromatic N) is 3. The molecule has 5 rings (SSSR count). The van der Waals surface area contributed by atoms with Crippen LogP contribution < -0.4 is 10.6 Å². The predicted octanol–water partition coefficient (Wildman–Crippen LogP) is 6.33. The molecule has 0 amide bonds. The maximum absolute atomic E-state index is 14.4. The molecule has 36 heavy (non-hydrogen) atoms. The molecule has 2 aromatic carbocycles. The summed E-state index contributed by atoms with van der Waals surface area (Å²) in [5.41, 5.74) is 8.30. The molecule has 0 unspecified atom stereocenters. The van der Waals surface area contributed by atoms with Crippen LogP contribution in [-0.4, -0.2) is 26.7 Å². The van der Waals surface area contributed by atoms with Crippen molar-refractivity contribution in [3.05, 3.63) is 103 Å². The normalized spacial score (nSPS) is 11.1. The van der Waals surface area contributed by atoms with Crippen molar-refractivity contribution in [3.8, 4) is 22.3 Å². The smallest absolute Gasteiger partial charge is 0.131 e. The first-order valence-corrected chi connectivity index (χ1v) is 11.8. The average Bonchev–Trinajstić information content (AvgIpc) is 3.33. The van der Waals surface area contributed by atoms with Crippen LogP contribution >= 0.6 is 0 Å². The van der Waals surface area contributed by atoms with Gasteiger partial charge in [-0.25, -0.2) is 4.39 Å². The number of pyridine rings is 2. The molecule has 7 heteroatoms. The third kappa shape index (κ3) is 4.61. The lowest BCUT2D eigenvalue weighted by molar-refractivity contribution is 0.631. The highest BCUT2D eigenvalue weighted by atomic mass is 19.1. The molecule has 5 aromatic rings. The number of hydrogen-bond donors (Lipinski definition) is 3. The summed E-state index contributed by atoms with van der Waals surface area (Å²) in [5, 5.41) is 15.2. The van der Waals surface area contributed by atoms with Gasteiger partial charge < -0.3 is 10.6 Å². The molecule has 0 fully saturated rings. The lowest BCUT2D eigenvalue weighted by Gasteiger charge is -2.14. The molecule has 0 bridgehead atoms. The molecular weight excluding hydrogens is 451 g/mol. The number of rotatable bonds is 8. The summed E-state index contributed by atoms with van der Waals surface area (Å²) in [7, 11) is 0. The Morgan fingerprint density at radius 3 is 2.64 bits per heavy atom. The van der Waals surface area contributed by atoms with Crippen molar-refractivity contribution in [2.75, 3.05) is 11.9 Å². The lowest BCUT2D eigenvalue weighted by Crippen LogP contribution is -2.11. The molecule has 0 aliphatic rings. The average molecular weight is 479 g/mol. The molecular formula is C29H27FN6. The van der Waals surface area contributed by atoms with E-state index >= 15 is 0 Å². The highest BCUT2D eigenvalue weighted by molar-refractivity contribution is 5.95. The first-order valence-electron chi connectivity index (χ1n) is 11.8. The number of H-pyrrole nitrogens is 1. The van der Waals surface area contributed by atoms with Crippen molar-refractivity contribution in [2.24, 2.45) is 0 Å². The predicted molar refractivity (Wildman–Crippen MR) is 144 cm³/mol. The zero-order chi connectivity index (χ0) is 25.1. The van der Waals surface area contributed by atoms with E-state index in [1.54, 1.807) is 24.5 Å². The number of aromatic nitrogens is 4. The minimum Gasteiger partial charge on any atom is -0.353 e. The molecule has 3 aromatic heterocycles. The van der Waals surface area contributed by atoms with Crippen LogP contribution in [-0.2, 0) is 6.54 Å². The Labute approximate surface area is 209 Å². The van der Waals surface area contributed by atoms with Crippen molar-refractivity contribution in [2.45, 2.75) is 20.4 Å². The third-order valence-corrected chi connectivity index (χ3v) is 6.22. The molecule has 180 valence electrons. The first-order chi connectivity index (χ1) is 17.5. The Morgan fingerprint density at radius 1 is 0.972 bits per heavy atom. The van der Waals surface area contributed by atoms with Crippen molar-refractivity contribution < 1.29 is 4.39 Å². The van der Waals surface area contributed by atoms with Gasteiger partial charge in [-0.2, -0.15) is 5.10 Å². The molecule has 0 aliphatic heterocycles. The second-order valence-corrected chi connectivity index (χ2v) is 8.64. The number of benzene rings is 2. The molecule has 3 N–H and O–H groups in total. The van der Waals surface area contributed by atoms with Crippen LogP contribution in [0.3, 0.4) is 0 Å². The van der Waals surface area contributed by atoms with Gasteiger partial charge in [0.25, 0.3) is 0 Å². The Hall–Kier alpha value is -4.36. The van der Waals surface area contributed by atoms with Gasteiger partial charge in [0.05, 0.1) is 23.1 Å². The number of aromatic amines is 1. The van der Waals surface area contributed by atoms with Crippen LogP contribution in [0.15, 0.2) is 79.9 Å². The van der Waals surface area contributed by atoms with Gasteiger partial charge in [0.2, 0.25) is 0 Å². The van der Waals surface area contributed by atoms with Crippen molar-refractivity contribution >= 4 is 22.3 Å². The number of fused-ring (bicyclic) bond motifs is 1. The maximum atomic E-state index is 14.4. The van der Waals surface area contributed by atoms with Crippen LogP contribution in [0.4, 0.5) is 10.1 Å². The van der Waals surface area contributed by atoms with Crippen LogP contribution in [0.1, 0.15) is 23.7 Å². The zero-order valence-corrected chi connectivity index (χ0v) is 20.3. The standard InChI is InChI=1S/C29H27FN6/c1-4-31-13-20-11-22(15-32-14-20)21-9-10-27-24(12-21)29(36-35-27)19(3)34-28-17-33-16-25(18(28)2)23-7-5-6-8-26(23)30/h5-12,14-17,31,34H,3-4,13H2,1-2H3,(H,35,36). The van der Waals surface area contributed by atoms with Gasteiger partial charge in [0.1, 0.15) is 11.5 Å². The largest absolute Gasteiger partial charge is 0.353 e. The quantitative estimate of drug-likeness (QED) is 0.243. The number of hydrogen-bond acceptors (Lipinski definition) is 5. The fourth-order valence-electron chi connectivity index (χ4n) is 4.26. The number of anilines is 1. The summed E-state index contributed by atoms with van der Waals surface area (Å²) in [6.07, 6.45) is 7.14. The molecule has 0 atom stereocenters. The second-order valence-electron chi connectivity index (χ2n) is 8.64. The van der Waals surface area contributed by atoms with Gasteiger partial charge in [-0.3, -0.25) is 15.1 Å². The van der Waals surface area contributed by atoms with Crippen LogP contribution in [0, 0.1) is 12.7 Å². The molecule has 0 saturated heterocycles. The van der Waals surface area contributed by atoms with E-state index in [0.717, 1.165) is 57.5 Å². The van der Waals surface area contributed by atoms with E-state index < -0.39 is 0 Å². The number of nitrogens with one attached hydrogen (secondary N) is 3. The molecule has 0 aliphatic carbocycles. The van der Waals surface area contributed by atoms with Gasteiger partial charge >= 0.3 is 0 Å². The Balaban J connectivity index is 1.45. The van der Waals surface area contributed by atoms with E-state index in [0.29, 0.717) is 17.0 Å². The summed E-state index contributed by atoms with van der Waals surface area (Å²) in [6.45, 7) is 9.94. The zero-order valence-electron chi connectivity index (χ0n) is 20.3. The minimum atomic E-state index is -0.284. The van der Waals surface area contributed by atoms with Gasteiger partial charge in [0.15, 0.2) is 0 Å². The van der Waals surface area contributed by atoms with E-state index in [4.69, 9.17) is 0 Å². The SMILES string of the molecule is C=C(Nc1cncc(-c2ccccc2F)c1C)c1n[nH]c2ccc(-c3cncc(CNCC)c3)cc12. The van der Waals surface area contributed by atoms with Crippen molar-refractivity contribution in [1.82, 2.24) is 25.5 Å². The van der Waals surface area contributed by atoms with E-state index in [1.807, 2.05) is 31.5 Å². The molecule has 0 spiro atoms. The highest BCUT2D eigenvalue weighted by Crippen LogP contribution is 2.32. The van der Waals surface area contributed by atoms with E-state index in [9.17, 15) is 4.39 Å². The molecule has 3 heterocycles. The van der Waals surface area contributed by atoms with Gasteiger partial charge in [-0.05, 0) is 54.4 Å². The Morgan fingerprint density at radius 2 is 1.81 bits per heavy atom.